The molecule has 1 aliphatic heterocycles. The largest absolute Gasteiger partial charge is 0.506 e. The molecule has 2 aromatic rings. The molecule has 28 heavy (non-hydrogen) atoms. The molecule has 1 amide bonds. The van der Waals surface area contributed by atoms with Crippen LogP contribution in [0.5, 0.6) is 0 Å². The Hall–Kier alpha value is -1.83. The summed E-state index contributed by atoms with van der Waals surface area (Å²) in [6.07, 6.45) is -0.212. The second kappa shape index (κ2) is 8.27. The van der Waals surface area contributed by atoms with Crippen molar-refractivity contribution >= 4 is 72.9 Å². The van der Waals surface area contributed by atoms with Crippen LogP contribution < -0.4 is 5.32 Å². The highest BCUT2D eigenvalue weighted by atomic mass is 79.9. The molecule has 5 nitrogen and oxygen atoms in total. The van der Waals surface area contributed by atoms with Gasteiger partial charge in [-0.2, -0.15) is 0 Å². The summed E-state index contributed by atoms with van der Waals surface area (Å²) < 4.78 is 6.43. The number of hydrogen-bond donors (Lipinski definition) is 2. The Balaban J connectivity index is 2.04. The van der Waals surface area contributed by atoms with Gasteiger partial charge >= 0.3 is 6.16 Å². The van der Waals surface area contributed by atoms with Gasteiger partial charge in [0, 0.05) is 36.4 Å². The van der Waals surface area contributed by atoms with E-state index in [4.69, 9.17) is 21.4 Å². The van der Waals surface area contributed by atoms with E-state index in [1.54, 1.807) is 24.3 Å². The molecule has 1 atom stereocenters. The summed E-state index contributed by atoms with van der Waals surface area (Å²) >= 11 is 13.1. The molecule has 0 saturated carbocycles. The first-order chi connectivity index (χ1) is 13.2. The molecule has 146 valence electrons. The minimum Gasteiger partial charge on any atom is -0.450 e. The number of rotatable bonds is 4. The van der Waals surface area contributed by atoms with E-state index in [2.05, 4.69) is 37.2 Å². The monoisotopic (exact) mass is 527 g/mol. The number of fused-ring (bicyclic) bond motifs is 1. The zero-order valence-electron chi connectivity index (χ0n) is 14.9. The number of carbonyl (C=O) groups is 2. The molecule has 2 N–H and O–H groups in total. The number of hydrogen-bond acceptors (Lipinski definition) is 3. The molecular weight excluding hydrogens is 513 g/mol. The van der Waals surface area contributed by atoms with Crippen LogP contribution in [0.25, 0.3) is 11.6 Å². The van der Waals surface area contributed by atoms with E-state index in [-0.39, 0.29) is 11.8 Å². The van der Waals surface area contributed by atoms with Crippen molar-refractivity contribution in [3.63, 3.8) is 0 Å². The third-order valence-corrected chi connectivity index (χ3v) is 5.84. The van der Waals surface area contributed by atoms with E-state index in [0.717, 1.165) is 11.1 Å². The Bertz CT molecular complexity index is 981. The average molecular weight is 530 g/mol. The van der Waals surface area contributed by atoms with Gasteiger partial charge in [-0.25, -0.2) is 4.79 Å². The number of benzene rings is 2. The quantitative estimate of drug-likeness (QED) is 0.339. The Morgan fingerprint density at radius 2 is 1.86 bits per heavy atom. The Labute approximate surface area is 184 Å². The fraction of sp³-hybridized carbons (Fsp3) is 0.200. The highest BCUT2D eigenvalue weighted by Gasteiger charge is 2.27. The van der Waals surface area contributed by atoms with Crippen molar-refractivity contribution in [1.29, 1.82) is 0 Å². The Morgan fingerprint density at radius 3 is 2.43 bits per heavy atom. The second-order valence-corrected chi connectivity index (χ2v) is 8.79. The maximum absolute atomic E-state index is 12.4. The normalized spacial score (nSPS) is 15.5. The van der Waals surface area contributed by atoms with Crippen molar-refractivity contribution in [2.75, 3.05) is 5.32 Å². The third-order valence-electron chi connectivity index (χ3n) is 4.29. The van der Waals surface area contributed by atoms with Gasteiger partial charge in [0.05, 0.1) is 0 Å². The SMILES string of the molecule is CC(C)C(OC(=O)O)c1c(Br)cc(C=C2C(=O)Nc3ccc(Cl)cc32)cc1Br. The van der Waals surface area contributed by atoms with Gasteiger partial charge in [0.2, 0.25) is 0 Å². The number of ether oxygens (including phenoxy) is 1. The highest BCUT2D eigenvalue weighted by Crippen LogP contribution is 2.40. The van der Waals surface area contributed by atoms with Crippen LogP contribution in [0.2, 0.25) is 5.02 Å². The van der Waals surface area contributed by atoms with Gasteiger partial charge in [-0.3, -0.25) is 4.79 Å². The smallest absolute Gasteiger partial charge is 0.450 e. The number of halogens is 3. The predicted octanol–water partition coefficient (Wildman–Crippen LogP) is 6.75. The van der Waals surface area contributed by atoms with Crippen molar-refractivity contribution in [1.82, 2.24) is 0 Å². The highest BCUT2D eigenvalue weighted by molar-refractivity contribution is 9.11. The van der Waals surface area contributed by atoms with Crippen LogP contribution >= 0.6 is 43.5 Å². The van der Waals surface area contributed by atoms with Crippen LogP contribution in [0.15, 0.2) is 39.3 Å². The standard InChI is InChI=1S/C20H16Br2ClNO4/c1-9(2)18(28-20(26)27)17-14(21)6-10(7-15(17)22)5-13-12-8-11(23)3-4-16(12)24-19(13)25/h3-9,18H,1-2H3,(H,24,25)(H,26,27). The van der Waals surface area contributed by atoms with E-state index in [9.17, 15) is 9.59 Å². The first-order valence-corrected chi connectivity index (χ1v) is 10.3. The Kier molecular flexibility index (Phi) is 6.17. The molecule has 2 aromatic carbocycles. The molecule has 0 aliphatic carbocycles. The molecule has 1 heterocycles. The summed E-state index contributed by atoms with van der Waals surface area (Å²) in [5.74, 6) is -0.273. The summed E-state index contributed by atoms with van der Waals surface area (Å²) in [6, 6.07) is 8.88. The van der Waals surface area contributed by atoms with Crippen molar-refractivity contribution in [2.24, 2.45) is 5.92 Å². The van der Waals surface area contributed by atoms with E-state index in [1.807, 2.05) is 26.0 Å². The number of amides is 1. The van der Waals surface area contributed by atoms with E-state index >= 15 is 0 Å². The second-order valence-electron chi connectivity index (χ2n) is 6.65. The minimum atomic E-state index is -1.33. The maximum Gasteiger partial charge on any atom is 0.506 e. The molecule has 8 heteroatoms. The van der Waals surface area contributed by atoms with Gasteiger partial charge in [0.1, 0.15) is 6.10 Å². The molecule has 3 rings (SSSR count). The van der Waals surface area contributed by atoms with Crippen molar-refractivity contribution in [3.8, 4) is 0 Å². The van der Waals surface area contributed by atoms with Crippen molar-refractivity contribution in [2.45, 2.75) is 20.0 Å². The van der Waals surface area contributed by atoms with Gasteiger partial charge < -0.3 is 15.2 Å². The molecule has 0 radical (unpaired) electrons. The fourth-order valence-corrected chi connectivity index (χ4v) is 4.91. The van der Waals surface area contributed by atoms with Crippen molar-refractivity contribution in [3.05, 3.63) is 61.0 Å². The van der Waals surface area contributed by atoms with Crippen LogP contribution in [-0.2, 0) is 9.53 Å². The number of carboxylic acid groups (broad SMARTS) is 1. The van der Waals surface area contributed by atoms with E-state index < -0.39 is 12.3 Å². The van der Waals surface area contributed by atoms with Gasteiger partial charge in [-0.1, -0.05) is 57.3 Å². The third kappa shape index (κ3) is 4.26. The molecule has 0 saturated heterocycles. The fourth-order valence-electron chi connectivity index (χ4n) is 3.07. The first kappa shape index (κ1) is 20.9. The van der Waals surface area contributed by atoms with Crippen molar-refractivity contribution < 1.29 is 19.4 Å². The van der Waals surface area contributed by atoms with Crippen LogP contribution in [0.1, 0.15) is 36.6 Å². The molecule has 0 spiro atoms. The van der Waals surface area contributed by atoms with Crippen LogP contribution in [-0.4, -0.2) is 17.2 Å². The predicted molar refractivity (Wildman–Crippen MR) is 116 cm³/mol. The lowest BCUT2D eigenvalue weighted by molar-refractivity contribution is -0.110. The van der Waals surface area contributed by atoms with E-state index in [1.165, 1.54) is 0 Å². The topological polar surface area (TPSA) is 75.6 Å². The van der Waals surface area contributed by atoms with Crippen LogP contribution in [0, 0.1) is 5.92 Å². The molecule has 0 fully saturated rings. The van der Waals surface area contributed by atoms with Gasteiger partial charge in [0.25, 0.3) is 5.91 Å². The molecular formula is C20H16Br2ClNO4. The summed E-state index contributed by atoms with van der Waals surface area (Å²) in [4.78, 5) is 23.4. The summed E-state index contributed by atoms with van der Waals surface area (Å²) in [5.41, 5.74) is 3.41. The zero-order chi connectivity index (χ0) is 20.6. The molecule has 1 unspecified atom stereocenters. The lowest BCUT2D eigenvalue weighted by atomic mass is 9.97. The van der Waals surface area contributed by atoms with Gasteiger partial charge in [0.15, 0.2) is 0 Å². The summed E-state index contributed by atoms with van der Waals surface area (Å²) in [5, 5.41) is 12.4. The summed E-state index contributed by atoms with van der Waals surface area (Å²) in [6.45, 7) is 3.76. The number of nitrogens with one attached hydrogen (secondary N) is 1. The first-order valence-electron chi connectivity index (χ1n) is 8.39. The lowest BCUT2D eigenvalue weighted by Gasteiger charge is -2.23. The maximum atomic E-state index is 12.4. The number of carbonyl (C=O) groups excluding carboxylic acids is 1. The van der Waals surface area contributed by atoms with E-state index in [0.29, 0.717) is 30.8 Å². The van der Waals surface area contributed by atoms with Gasteiger partial charge in [-0.15, -0.1) is 0 Å². The number of anilines is 1. The van der Waals surface area contributed by atoms with Crippen LogP contribution in [0.4, 0.5) is 10.5 Å². The molecule has 1 aliphatic rings. The molecule has 0 bridgehead atoms. The lowest BCUT2D eigenvalue weighted by Crippen LogP contribution is -2.16. The Morgan fingerprint density at radius 1 is 1.21 bits per heavy atom. The zero-order valence-corrected chi connectivity index (χ0v) is 18.9. The summed E-state index contributed by atoms with van der Waals surface area (Å²) in [7, 11) is 0. The van der Waals surface area contributed by atoms with Gasteiger partial charge in [-0.05, 0) is 47.9 Å². The van der Waals surface area contributed by atoms with Crippen LogP contribution in [0.3, 0.4) is 0 Å². The average Bonchev–Trinajstić information content (AvgIpc) is 2.88. The minimum absolute atomic E-state index is 0.0671. The molecule has 0 aromatic heterocycles.